The van der Waals surface area contributed by atoms with E-state index in [1.54, 1.807) is 0 Å². The highest BCUT2D eigenvalue weighted by molar-refractivity contribution is 5.26. The molecule has 0 aromatic heterocycles. The van der Waals surface area contributed by atoms with Gasteiger partial charge in [-0.2, -0.15) is 0 Å². The molecule has 0 aliphatic heterocycles. The van der Waals surface area contributed by atoms with E-state index in [2.05, 4.69) is 13.8 Å². The van der Waals surface area contributed by atoms with Crippen LogP contribution in [0, 0.1) is 82.2 Å². The summed E-state index contributed by atoms with van der Waals surface area (Å²) in [6, 6.07) is 4.37. The number of halogens is 6. The van der Waals surface area contributed by atoms with E-state index in [-0.39, 0.29) is 23.0 Å². The van der Waals surface area contributed by atoms with Crippen molar-refractivity contribution < 1.29 is 31.1 Å². The van der Waals surface area contributed by atoms with Gasteiger partial charge in [0, 0.05) is 11.1 Å². The Bertz CT molecular complexity index is 1290. The zero-order valence-electron chi connectivity index (χ0n) is 30.9. The summed E-state index contributed by atoms with van der Waals surface area (Å²) >= 11 is 0. The third-order valence-electron chi connectivity index (χ3n) is 14.0. The van der Waals surface area contributed by atoms with Gasteiger partial charge in [-0.3, -0.25) is 0 Å². The van der Waals surface area contributed by atoms with Gasteiger partial charge < -0.3 is 4.74 Å². The monoisotopic (exact) mass is 718 g/mol. The molecule has 0 radical (unpaired) electrons. The summed E-state index contributed by atoms with van der Waals surface area (Å²) in [6.07, 6.45) is 19.7. The molecule has 2 aromatic carbocycles. The van der Waals surface area contributed by atoms with E-state index in [9.17, 15) is 17.6 Å². The molecule has 2 unspecified atom stereocenters. The van der Waals surface area contributed by atoms with Gasteiger partial charge in [-0.25, -0.2) is 26.3 Å². The van der Waals surface area contributed by atoms with Crippen molar-refractivity contribution in [2.24, 2.45) is 47.3 Å². The molecule has 2 atom stereocenters. The fraction of sp³-hybridized carbons (Fsp3) is 0.727. The minimum atomic E-state index is -1.55. The van der Waals surface area contributed by atoms with E-state index < -0.39 is 47.1 Å². The molecule has 284 valence electrons. The van der Waals surface area contributed by atoms with Crippen molar-refractivity contribution in [2.45, 2.75) is 154 Å². The van der Waals surface area contributed by atoms with E-state index >= 15 is 8.78 Å². The van der Waals surface area contributed by atoms with Crippen molar-refractivity contribution in [3.63, 3.8) is 0 Å². The Kier molecular flexibility index (Phi) is 13.6. The predicted octanol–water partition coefficient (Wildman–Crippen LogP) is 14.1. The molecule has 0 heterocycles. The van der Waals surface area contributed by atoms with Gasteiger partial charge in [0.2, 0.25) is 0 Å². The van der Waals surface area contributed by atoms with Crippen LogP contribution < -0.4 is 0 Å². The first-order valence-corrected chi connectivity index (χ1v) is 20.6. The first kappa shape index (κ1) is 38.7. The lowest BCUT2D eigenvalue weighted by Crippen LogP contribution is -2.32. The second kappa shape index (κ2) is 17.9. The molecular formula is C44H60F6O. The van der Waals surface area contributed by atoms with Crippen LogP contribution >= 0.6 is 0 Å². The van der Waals surface area contributed by atoms with E-state index in [0.29, 0.717) is 23.7 Å². The molecule has 4 fully saturated rings. The van der Waals surface area contributed by atoms with Crippen molar-refractivity contribution >= 4 is 0 Å². The van der Waals surface area contributed by atoms with Gasteiger partial charge >= 0.3 is 0 Å². The molecule has 51 heavy (non-hydrogen) atoms. The van der Waals surface area contributed by atoms with Crippen molar-refractivity contribution in [1.82, 2.24) is 0 Å². The summed E-state index contributed by atoms with van der Waals surface area (Å²) in [5.74, 6) is -4.55. The van der Waals surface area contributed by atoms with Crippen LogP contribution in [-0.4, -0.2) is 0 Å². The Morgan fingerprint density at radius 3 is 1.08 bits per heavy atom. The molecule has 0 N–H and O–H groups in total. The summed E-state index contributed by atoms with van der Waals surface area (Å²) in [4.78, 5) is 0. The molecule has 0 bridgehead atoms. The molecule has 4 aliphatic carbocycles. The Morgan fingerprint density at radius 1 is 0.451 bits per heavy atom. The first-order chi connectivity index (χ1) is 24.7. The van der Waals surface area contributed by atoms with Gasteiger partial charge in [-0.15, -0.1) is 0 Å². The highest BCUT2D eigenvalue weighted by Crippen LogP contribution is 2.51. The zero-order valence-corrected chi connectivity index (χ0v) is 30.9. The van der Waals surface area contributed by atoms with E-state index in [4.69, 9.17) is 4.74 Å². The quantitative estimate of drug-likeness (QED) is 0.157. The molecule has 4 aliphatic rings. The lowest BCUT2D eigenvalue weighted by Gasteiger charge is -2.43. The number of benzene rings is 2. The van der Waals surface area contributed by atoms with Crippen molar-refractivity contribution in [2.75, 3.05) is 0 Å². The normalized spacial score (nSPS) is 31.7. The molecule has 0 amide bonds. The number of rotatable bonds is 12. The van der Waals surface area contributed by atoms with Gasteiger partial charge in [0.15, 0.2) is 34.9 Å². The van der Waals surface area contributed by atoms with Gasteiger partial charge in [0.05, 0.1) is 12.2 Å². The molecule has 0 spiro atoms. The number of hydrogen-bond donors (Lipinski definition) is 0. The van der Waals surface area contributed by atoms with Crippen molar-refractivity contribution in [3.8, 4) is 0 Å². The summed E-state index contributed by atoms with van der Waals surface area (Å²) in [7, 11) is 0. The summed E-state index contributed by atoms with van der Waals surface area (Å²) in [6.45, 7) is 4.50. The second-order valence-corrected chi connectivity index (χ2v) is 17.0. The highest BCUT2D eigenvalue weighted by Gasteiger charge is 2.41. The average molecular weight is 719 g/mol. The highest BCUT2D eigenvalue weighted by atomic mass is 19.2. The molecule has 7 heteroatoms. The summed E-state index contributed by atoms with van der Waals surface area (Å²) in [5.41, 5.74) is -0.161. The third kappa shape index (κ3) is 9.03. The van der Waals surface area contributed by atoms with Crippen LogP contribution in [0.1, 0.15) is 166 Å². The van der Waals surface area contributed by atoms with Crippen molar-refractivity contribution in [1.29, 1.82) is 0 Å². The number of ether oxygens (including phenoxy) is 1. The van der Waals surface area contributed by atoms with Crippen LogP contribution in [-0.2, 0) is 4.74 Å². The van der Waals surface area contributed by atoms with Gasteiger partial charge in [0.25, 0.3) is 0 Å². The van der Waals surface area contributed by atoms with Gasteiger partial charge in [-0.1, -0.05) is 77.3 Å². The molecule has 2 aromatic rings. The van der Waals surface area contributed by atoms with E-state index in [1.807, 2.05) is 0 Å². The lowest BCUT2D eigenvalue weighted by molar-refractivity contribution is -0.0963. The summed E-state index contributed by atoms with van der Waals surface area (Å²) in [5, 5.41) is 0. The van der Waals surface area contributed by atoms with Crippen LogP contribution in [0.4, 0.5) is 26.3 Å². The fourth-order valence-electron chi connectivity index (χ4n) is 11.1. The van der Waals surface area contributed by atoms with Crippen LogP contribution in [0.15, 0.2) is 24.3 Å². The Labute approximate surface area is 302 Å². The predicted molar refractivity (Wildman–Crippen MR) is 191 cm³/mol. The van der Waals surface area contributed by atoms with E-state index in [1.165, 1.54) is 89.2 Å². The van der Waals surface area contributed by atoms with E-state index in [0.717, 1.165) is 75.3 Å². The third-order valence-corrected chi connectivity index (χ3v) is 14.0. The first-order valence-electron chi connectivity index (χ1n) is 20.6. The SMILES string of the molecule is CCC[C@H]1CC[C@H]([C@H]2CC[C@H](C(OC(c3ccc(F)c(F)c3F)[C@H]3CC[C@H]([C@H]4CC[C@H](CCC)CC4)CC3)c3ccc(F)c(F)c3F)CC2)CC1. The summed E-state index contributed by atoms with van der Waals surface area (Å²) < 4.78 is 96.3. The average Bonchev–Trinajstić information content (AvgIpc) is 3.15. The molecule has 4 saturated carbocycles. The maximum absolute atomic E-state index is 15.7. The maximum Gasteiger partial charge on any atom is 0.194 e. The Balaban J connectivity index is 1.23. The molecule has 6 rings (SSSR count). The zero-order chi connectivity index (χ0) is 36.1. The van der Waals surface area contributed by atoms with Crippen LogP contribution in [0.2, 0.25) is 0 Å². The smallest absolute Gasteiger partial charge is 0.194 e. The lowest BCUT2D eigenvalue weighted by atomic mass is 9.67. The van der Waals surface area contributed by atoms with Gasteiger partial charge in [0.1, 0.15) is 0 Å². The fourth-order valence-corrected chi connectivity index (χ4v) is 11.1. The van der Waals surface area contributed by atoms with Crippen LogP contribution in [0.3, 0.4) is 0 Å². The Hall–Kier alpha value is -2.02. The Morgan fingerprint density at radius 2 is 0.765 bits per heavy atom. The van der Waals surface area contributed by atoms with Crippen LogP contribution in [0.5, 0.6) is 0 Å². The van der Waals surface area contributed by atoms with Crippen LogP contribution in [0.25, 0.3) is 0 Å². The molecule has 0 saturated heterocycles. The minimum absolute atomic E-state index is 0.0806. The maximum atomic E-state index is 15.7. The van der Waals surface area contributed by atoms with Crippen molar-refractivity contribution in [3.05, 3.63) is 70.3 Å². The largest absolute Gasteiger partial charge is 0.365 e. The topological polar surface area (TPSA) is 9.23 Å². The number of hydrogen-bond acceptors (Lipinski definition) is 1. The standard InChI is InChI=1S/C44H60F6O/c1-3-5-27-7-11-29(12-8-27)31-15-19-33(20-16-31)43(35-23-25-37(45)41(49)39(35)47)51-44(36-24-26-38(46)42(50)40(36)48)34-21-17-32(18-22-34)30-13-9-28(6-4-2)10-14-30/h23-34,43-44H,3-22H2,1-2H3/t27-,28-,29-,30-,31-,32-,33-,34-,43?,44?. The molecular weight excluding hydrogens is 658 g/mol. The minimum Gasteiger partial charge on any atom is -0.365 e. The molecule has 1 nitrogen and oxygen atoms in total. The second-order valence-electron chi connectivity index (χ2n) is 17.0. The van der Waals surface area contributed by atoms with Gasteiger partial charge in [-0.05, 0) is 137 Å².